The van der Waals surface area contributed by atoms with Crippen molar-refractivity contribution in [2.24, 2.45) is 5.92 Å². The maximum Gasteiger partial charge on any atom is 0.227 e. The quantitative estimate of drug-likeness (QED) is 0.877. The van der Waals surface area contributed by atoms with Crippen LogP contribution >= 0.6 is 0 Å². The lowest BCUT2D eigenvalue weighted by atomic mass is 10.1. The highest BCUT2D eigenvalue weighted by atomic mass is 16.2. The fourth-order valence-corrected chi connectivity index (χ4v) is 2.38. The number of hydrogen-bond acceptors (Lipinski definition) is 2. The van der Waals surface area contributed by atoms with Crippen molar-refractivity contribution < 1.29 is 4.79 Å². The van der Waals surface area contributed by atoms with Gasteiger partial charge in [-0.25, -0.2) is 0 Å². The van der Waals surface area contributed by atoms with E-state index in [1.807, 2.05) is 30.0 Å². The molecule has 102 valence electrons. The van der Waals surface area contributed by atoms with Gasteiger partial charge in [-0.15, -0.1) is 0 Å². The first-order valence-corrected chi connectivity index (χ1v) is 7.02. The molecule has 0 saturated carbocycles. The van der Waals surface area contributed by atoms with Crippen LogP contribution in [0.1, 0.15) is 18.9 Å². The normalized spacial score (nSPS) is 18.9. The van der Waals surface area contributed by atoms with Crippen molar-refractivity contribution >= 4 is 12.0 Å². The van der Waals surface area contributed by atoms with E-state index in [1.54, 1.807) is 0 Å². The molecule has 1 heterocycles. The van der Waals surface area contributed by atoms with E-state index in [4.69, 9.17) is 0 Å². The van der Waals surface area contributed by atoms with Gasteiger partial charge in [0.1, 0.15) is 0 Å². The highest BCUT2D eigenvalue weighted by molar-refractivity contribution is 5.79. The van der Waals surface area contributed by atoms with Crippen LogP contribution in [0.4, 0.5) is 0 Å². The molecule has 1 aliphatic heterocycles. The van der Waals surface area contributed by atoms with Gasteiger partial charge in [-0.1, -0.05) is 42.5 Å². The lowest BCUT2D eigenvalue weighted by Gasteiger charge is -2.22. The maximum absolute atomic E-state index is 12.3. The van der Waals surface area contributed by atoms with E-state index in [9.17, 15) is 4.79 Å². The third-order valence-corrected chi connectivity index (χ3v) is 3.54. The highest BCUT2D eigenvalue weighted by Gasteiger charge is 2.25. The number of rotatable bonds is 5. The molecule has 1 amide bonds. The number of amides is 1. The second-order valence-corrected chi connectivity index (χ2v) is 4.88. The van der Waals surface area contributed by atoms with Crippen LogP contribution in [0.15, 0.2) is 36.4 Å². The molecule has 1 aliphatic rings. The zero-order valence-corrected chi connectivity index (χ0v) is 11.5. The summed E-state index contributed by atoms with van der Waals surface area (Å²) in [6.45, 7) is 5.30. The first-order valence-electron chi connectivity index (χ1n) is 7.02. The smallest absolute Gasteiger partial charge is 0.227 e. The van der Waals surface area contributed by atoms with Gasteiger partial charge in [-0.05, 0) is 25.5 Å². The second kappa shape index (κ2) is 7.10. The summed E-state index contributed by atoms with van der Waals surface area (Å²) in [6, 6.07) is 10.2. The molecule has 1 unspecified atom stereocenters. The molecule has 1 N–H and O–H groups in total. The standard InChI is InChI=1S/C16H22N2O/c1-2-18(16(19)15-10-11-17-13-15)12-6-9-14-7-4-3-5-8-14/h3-9,15,17H,2,10-13H2,1H3/b9-6+. The van der Waals surface area contributed by atoms with Crippen LogP contribution in [0.3, 0.4) is 0 Å². The molecule has 19 heavy (non-hydrogen) atoms. The van der Waals surface area contributed by atoms with E-state index < -0.39 is 0 Å². The Morgan fingerprint density at radius 3 is 2.84 bits per heavy atom. The largest absolute Gasteiger partial charge is 0.339 e. The monoisotopic (exact) mass is 258 g/mol. The molecular formula is C16H22N2O. The Morgan fingerprint density at radius 1 is 1.42 bits per heavy atom. The molecule has 0 aromatic heterocycles. The van der Waals surface area contributed by atoms with Gasteiger partial charge in [0, 0.05) is 19.6 Å². The van der Waals surface area contributed by atoms with Gasteiger partial charge >= 0.3 is 0 Å². The first kappa shape index (κ1) is 13.8. The molecule has 1 aromatic rings. The van der Waals surface area contributed by atoms with E-state index in [0.717, 1.165) is 26.1 Å². The van der Waals surface area contributed by atoms with E-state index in [1.165, 1.54) is 5.56 Å². The summed E-state index contributed by atoms with van der Waals surface area (Å²) in [4.78, 5) is 14.2. The number of carbonyl (C=O) groups is 1. The van der Waals surface area contributed by atoms with Gasteiger partial charge < -0.3 is 10.2 Å². The van der Waals surface area contributed by atoms with Gasteiger partial charge in [0.2, 0.25) is 5.91 Å². The van der Waals surface area contributed by atoms with Crippen molar-refractivity contribution in [3.05, 3.63) is 42.0 Å². The Kier molecular flexibility index (Phi) is 5.16. The Morgan fingerprint density at radius 2 is 2.21 bits per heavy atom. The van der Waals surface area contributed by atoms with Crippen molar-refractivity contribution in [2.45, 2.75) is 13.3 Å². The predicted octanol–water partition coefficient (Wildman–Crippen LogP) is 2.16. The van der Waals surface area contributed by atoms with E-state index in [2.05, 4.69) is 29.6 Å². The van der Waals surface area contributed by atoms with Crippen LogP contribution in [0.2, 0.25) is 0 Å². The zero-order valence-electron chi connectivity index (χ0n) is 11.5. The summed E-state index contributed by atoms with van der Waals surface area (Å²) in [5, 5.41) is 3.25. The Bertz CT molecular complexity index is 422. The molecule has 3 nitrogen and oxygen atoms in total. The zero-order chi connectivity index (χ0) is 13.5. The van der Waals surface area contributed by atoms with E-state index in [-0.39, 0.29) is 11.8 Å². The summed E-state index contributed by atoms with van der Waals surface area (Å²) in [5.41, 5.74) is 1.17. The van der Waals surface area contributed by atoms with Crippen molar-refractivity contribution in [2.75, 3.05) is 26.2 Å². The lowest BCUT2D eigenvalue weighted by Crippen LogP contribution is -2.37. The number of carbonyl (C=O) groups excluding carboxylic acids is 1. The topological polar surface area (TPSA) is 32.3 Å². The molecular weight excluding hydrogens is 236 g/mol. The average Bonchev–Trinajstić information content (AvgIpc) is 2.98. The number of hydrogen-bond donors (Lipinski definition) is 1. The maximum atomic E-state index is 12.3. The van der Waals surface area contributed by atoms with E-state index >= 15 is 0 Å². The van der Waals surface area contributed by atoms with Gasteiger partial charge in [-0.2, -0.15) is 0 Å². The molecule has 3 heteroatoms. The van der Waals surface area contributed by atoms with Crippen molar-refractivity contribution in [3.63, 3.8) is 0 Å². The molecule has 0 spiro atoms. The van der Waals surface area contributed by atoms with Crippen molar-refractivity contribution in [3.8, 4) is 0 Å². The molecule has 2 rings (SSSR count). The molecule has 1 fully saturated rings. The third kappa shape index (κ3) is 3.93. The number of nitrogens with zero attached hydrogens (tertiary/aromatic N) is 1. The van der Waals surface area contributed by atoms with Gasteiger partial charge in [0.05, 0.1) is 5.92 Å². The highest BCUT2D eigenvalue weighted by Crippen LogP contribution is 2.12. The van der Waals surface area contributed by atoms with Crippen LogP contribution in [-0.2, 0) is 4.79 Å². The van der Waals surface area contributed by atoms with Crippen LogP contribution in [-0.4, -0.2) is 37.0 Å². The molecule has 1 saturated heterocycles. The molecule has 0 bridgehead atoms. The molecule has 1 aromatic carbocycles. The van der Waals surface area contributed by atoms with Crippen molar-refractivity contribution in [1.29, 1.82) is 0 Å². The first-order chi connectivity index (χ1) is 9.31. The number of nitrogens with one attached hydrogen (secondary N) is 1. The molecule has 0 radical (unpaired) electrons. The summed E-state index contributed by atoms with van der Waals surface area (Å²) >= 11 is 0. The molecule has 1 atom stereocenters. The SMILES string of the molecule is CCN(C/C=C/c1ccccc1)C(=O)C1CCNC1. The fourth-order valence-electron chi connectivity index (χ4n) is 2.38. The summed E-state index contributed by atoms with van der Waals surface area (Å²) < 4.78 is 0. The summed E-state index contributed by atoms with van der Waals surface area (Å²) in [5.74, 6) is 0.454. The summed E-state index contributed by atoms with van der Waals surface area (Å²) in [7, 11) is 0. The average molecular weight is 258 g/mol. The van der Waals surface area contributed by atoms with Crippen LogP contribution in [0.5, 0.6) is 0 Å². The Hall–Kier alpha value is -1.61. The van der Waals surface area contributed by atoms with Crippen LogP contribution < -0.4 is 5.32 Å². The van der Waals surface area contributed by atoms with Gasteiger partial charge in [-0.3, -0.25) is 4.79 Å². The Balaban J connectivity index is 1.88. The number of likely N-dealkylation sites (N-methyl/N-ethyl adjacent to an activating group) is 1. The molecule has 0 aliphatic carbocycles. The minimum Gasteiger partial charge on any atom is -0.339 e. The van der Waals surface area contributed by atoms with Crippen molar-refractivity contribution in [1.82, 2.24) is 10.2 Å². The minimum absolute atomic E-state index is 0.171. The Labute approximate surface area is 115 Å². The van der Waals surface area contributed by atoms with Gasteiger partial charge in [0.15, 0.2) is 0 Å². The van der Waals surface area contributed by atoms with Crippen LogP contribution in [0.25, 0.3) is 6.08 Å². The summed E-state index contributed by atoms with van der Waals surface area (Å²) in [6.07, 6.45) is 5.11. The second-order valence-electron chi connectivity index (χ2n) is 4.88. The van der Waals surface area contributed by atoms with Gasteiger partial charge in [0.25, 0.3) is 0 Å². The lowest BCUT2D eigenvalue weighted by molar-refractivity contribution is -0.134. The third-order valence-electron chi connectivity index (χ3n) is 3.54. The fraction of sp³-hybridized carbons (Fsp3) is 0.438. The van der Waals surface area contributed by atoms with E-state index in [0.29, 0.717) is 6.54 Å². The number of benzene rings is 1. The minimum atomic E-state index is 0.171. The van der Waals surface area contributed by atoms with Crippen LogP contribution in [0, 0.1) is 5.92 Å². The predicted molar refractivity (Wildman–Crippen MR) is 78.7 cm³/mol.